The third kappa shape index (κ3) is 4.02. The van der Waals surface area contributed by atoms with Crippen LogP contribution in [0.5, 0.6) is 5.75 Å². The van der Waals surface area contributed by atoms with Crippen LogP contribution in [0.3, 0.4) is 0 Å². The van der Waals surface area contributed by atoms with Crippen LogP contribution >= 0.6 is 0 Å². The molecule has 0 saturated heterocycles. The summed E-state index contributed by atoms with van der Waals surface area (Å²) in [6.45, 7) is 1.41. The lowest BCUT2D eigenvalue weighted by Gasteiger charge is -2.18. The fourth-order valence-electron chi connectivity index (χ4n) is 3.58. The first-order valence-electron chi connectivity index (χ1n) is 9.71. The Morgan fingerprint density at radius 2 is 1.93 bits per heavy atom. The van der Waals surface area contributed by atoms with Crippen LogP contribution in [-0.4, -0.2) is 32.1 Å². The fraction of sp³-hybridized carbons (Fsp3) is 0.292. The van der Waals surface area contributed by atoms with Crippen molar-refractivity contribution in [3.63, 3.8) is 0 Å². The molecule has 0 spiro atoms. The Balaban J connectivity index is 1.62. The first-order valence-corrected chi connectivity index (χ1v) is 9.71. The highest BCUT2D eigenvalue weighted by Gasteiger charge is 2.20. The number of hydrogen-bond acceptors (Lipinski definition) is 4. The zero-order valence-corrected chi connectivity index (χ0v) is 16.4. The molecule has 3 aromatic rings. The standard InChI is InChI=1S/C24H25NO3/c1-25(2)12-13-27-19-9-11-22-21(16-19)24(26)20-10-8-18(15-23(20)28-22)14-17-6-4-3-5-7-17/h3-7,9,11,14,16H,8,10,12-13,15H2,1-2H3. The average molecular weight is 375 g/mol. The van der Waals surface area contributed by atoms with Gasteiger partial charge >= 0.3 is 0 Å². The molecule has 2 aromatic carbocycles. The number of fused-ring (bicyclic) bond motifs is 2. The quantitative estimate of drug-likeness (QED) is 0.667. The Morgan fingerprint density at radius 3 is 2.71 bits per heavy atom. The molecule has 0 bridgehead atoms. The second-order valence-electron chi connectivity index (χ2n) is 7.53. The highest BCUT2D eigenvalue weighted by molar-refractivity contribution is 5.79. The molecular weight excluding hydrogens is 350 g/mol. The van der Waals surface area contributed by atoms with Gasteiger partial charge in [0.25, 0.3) is 0 Å². The summed E-state index contributed by atoms with van der Waals surface area (Å²) in [5.41, 5.74) is 3.99. The maximum atomic E-state index is 13.0. The average Bonchev–Trinajstić information content (AvgIpc) is 2.69. The molecule has 4 heteroatoms. The molecule has 1 aromatic heterocycles. The van der Waals surface area contributed by atoms with Crippen LogP contribution < -0.4 is 10.2 Å². The van der Waals surface area contributed by atoms with Crippen LogP contribution in [0.25, 0.3) is 17.0 Å². The molecule has 4 nitrogen and oxygen atoms in total. The third-order valence-electron chi connectivity index (χ3n) is 5.10. The molecule has 0 fully saturated rings. The normalized spacial score (nSPS) is 15.2. The lowest BCUT2D eigenvalue weighted by molar-refractivity contribution is 0.261. The predicted molar refractivity (Wildman–Crippen MR) is 113 cm³/mol. The van der Waals surface area contributed by atoms with E-state index in [2.05, 4.69) is 23.1 Å². The van der Waals surface area contributed by atoms with Gasteiger partial charge in [-0.25, -0.2) is 0 Å². The van der Waals surface area contributed by atoms with Gasteiger partial charge < -0.3 is 14.1 Å². The SMILES string of the molecule is CN(C)CCOc1ccc2oc3c(c(=O)c2c1)CCC(=Cc1ccccc1)C3. The summed E-state index contributed by atoms with van der Waals surface area (Å²) in [5, 5.41) is 0.608. The van der Waals surface area contributed by atoms with E-state index in [1.807, 2.05) is 50.5 Å². The van der Waals surface area contributed by atoms with Gasteiger partial charge in [-0.05, 0) is 50.7 Å². The molecule has 0 unspecified atom stereocenters. The number of rotatable bonds is 5. The summed E-state index contributed by atoms with van der Waals surface area (Å²) < 4.78 is 11.9. The number of hydrogen-bond donors (Lipinski definition) is 0. The number of nitrogens with zero attached hydrogens (tertiary/aromatic N) is 1. The Hall–Kier alpha value is -2.85. The van der Waals surface area contributed by atoms with Crippen molar-refractivity contribution in [2.45, 2.75) is 19.3 Å². The molecule has 0 aliphatic heterocycles. The van der Waals surface area contributed by atoms with Crippen molar-refractivity contribution in [2.24, 2.45) is 0 Å². The van der Waals surface area contributed by atoms with Gasteiger partial charge in [0.15, 0.2) is 5.43 Å². The fourth-order valence-corrected chi connectivity index (χ4v) is 3.58. The minimum absolute atomic E-state index is 0.0769. The van der Waals surface area contributed by atoms with Crippen molar-refractivity contribution in [1.29, 1.82) is 0 Å². The lowest BCUT2D eigenvalue weighted by atomic mass is 9.90. The molecule has 144 valence electrons. The minimum Gasteiger partial charge on any atom is -0.492 e. The maximum Gasteiger partial charge on any atom is 0.196 e. The van der Waals surface area contributed by atoms with Crippen molar-refractivity contribution in [2.75, 3.05) is 27.2 Å². The van der Waals surface area contributed by atoms with E-state index in [-0.39, 0.29) is 5.43 Å². The van der Waals surface area contributed by atoms with Gasteiger partial charge in [0.05, 0.1) is 5.39 Å². The van der Waals surface area contributed by atoms with Gasteiger partial charge in [0.2, 0.25) is 0 Å². The van der Waals surface area contributed by atoms with Gasteiger partial charge in [-0.15, -0.1) is 0 Å². The lowest BCUT2D eigenvalue weighted by Crippen LogP contribution is -2.20. The third-order valence-corrected chi connectivity index (χ3v) is 5.10. The second kappa shape index (κ2) is 8.03. The number of benzene rings is 2. The molecule has 0 atom stereocenters. The maximum absolute atomic E-state index is 13.0. The van der Waals surface area contributed by atoms with E-state index in [1.54, 1.807) is 0 Å². The summed E-state index contributed by atoms with van der Waals surface area (Å²) in [6.07, 6.45) is 4.50. The van der Waals surface area contributed by atoms with E-state index in [1.165, 1.54) is 11.1 Å². The van der Waals surface area contributed by atoms with Crippen LogP contribution in [0.1, 0.15) is 23.3 Å². The molecule has 0 amide bonds. The van der Waals surface area contributed by atoms with Crippen LogP contribution in [-0.2, 0) is 12.8 Å². The monoisotopic (exact) mass is 375 g/mol. The molecule has 1 aliphatic carbocycles. The summed E-state index contributed by atoms with van der Waals surface area (Å²) in [4.78, 5) is 15.1. The van der Waals surface area contributed by atoms with Gasteiger partial charge in [0, 0.05) is 18.5 Å². The number of allylic oxidation sites excluding steroid dienone is 1. The van der Waals surface area contributed by atoms with E-state index >= 15 is 0 Å². The van der Waals surface area contributed by atoms with E-state index in [0.29, 0.717) is 29.7 Å². The number of likely N-dealkylation sites (N-methyl/N-ethyl adjacent to an activating group) is 1. The van der Waals surface area contributed by atoms with Gasteiger partial charge in [-0.1, -0.05) is 42.0 Å². The predicted octanol–water partition coefficient (Wildman–Crippen LogP) is 4.31. The van der Waals surface area contributed by atoms with Crippen LogP contribution in [0.4, 0.5) is 0 Å². The first kappa shape index (κ1) is 18.5. The van der Waals surface area contributed by atoms with Crippen LogP contribution in [0.15, 0.2) is 63.3 Å². The van der Waals surface area contributed by atoms with E-state index in [0.717, 1.165) is 30.7 Å². The second-order valence-corrected chi connectivity index (χ2v) is 7.53. The van der Waals surface area contributed by atoms with Crippen molar-refractivity contribution in [3.05, 3.63) is 81.2 Å². The molecule has 4 rings (SSSR count). The zero-order chi connectivity index (χ0) is 19.5. The summed E-state index contributed by atoms with van der Waals surface area (Å²) in [6, 6.07) is 15.8. The van der Waals surface area contributed by atoms with Crippen molar-refractivity contribution < 1.29 is 9.15 Å². The van der Waals surface area contributed by atoms with Crippen LogP contribution in [0.2, 0.25) is 0 Å². The van der Waals surface area contributed by atoms with Gasteiger partial charge in [-0.3, -0.25) is 4.79 Å². The van der Waals surface area contributed by atoms with Crippen LogP contribution in [0, 0.1) is 0 Å². The van der Waals surface area contributed by atoms with Gasteiger partial charge in [-0.2, -0.15) is 0 Å². The van der Waals surface area contributed by atoms with E-state index < -0.39 is 0 Å². The summed E-state index contributed by atoms with van der Waals surface area (Å²) in [5.74, 6) is 1.51. The largest absolute Gasteiger partial charge is 0.492 e. The van der Waals surface area contributed by atoms with E-state index in [4.69, 9.17) is 9.15 Å². The molecule has 1 aliphatic rings. The molecule has 0 N–H and O–H groups in total. The van der Waals surface area contributed by atoms with Crippen molar-refractivity contribution in [3.8, 4) is 5.75 Å². The highest BCUT2D eigenvalue weighted by Crippen LogP contribution is 2.28. The molecular formula is C24H25NO3. The summed E-state index contributed by atoms with van der Waals surface area (Å²) in [7, 11) is 4.01. The Labute approximate surface area is 165 Å². The van der Waals surface area contributed by atoms with E-state index in [9.17, 15) is 4.79 Å². The Morgan fingerprint density at radius 1 is 1.11 bits per heavy atom. The number of ether oxygens (including phenoxy) is 1. The smallest absolute Gasteiger partial charge is 0.196 e. The topological polar surface area (TPSA) is 42.7 Å². The molecule has 0 saturated carbocycles. The van der Waals surface area contributed by atoms with Crippen molar-refractivity contribution in [1.82, 2.24) is 4.90 Å². The molecule has 0 radical (unpaired) electrons. The van der Waals surface area contributed by atoms with Gasteiger partial charge in [0.1, 0.15) is 23.7 Å². The molecule has 1 heterocycles. The minimum atomic E-state index is 0.0769. The highest BCUT2D eigenvalue weighted by atomic mass is 16.5. The first-order chi connectivity index (χ1) is 13.6. The Kier molecular flexibility index (Phi) is 5.31. The van der Waals surface area contributed by atoms with Crippen molar-refractivity contribution >= 4 is 17.0 Å². The summed E-state index contributed by atoms with van der Waals surface area (Å²) >= 11 is 0. The molecule has 28 heavy (non-hydrogen) atoms. The Bertz CT molecular complexity index is 1060. The zero-order valence-electron chi connectivity index (χ0n) is 16.4.